The van der Waals surface area contributed by atoms with Crippen LogP contribution in [0.15, 0.2) is 24.3 Å². The number of nitrogens with zero attached hydrogens (tertiary/aromatic N) is 1. The van der Waals surface area contributed by atoms with Crippen molar-refractivity contribution >= 4 is 5.69 Å². The SMILES string of the molecule is CCC1CN(c2cccc(C(C)NC)c2)C1. The van der Waals surface area contributed by atoms with Crippen LogP contribution in [0.25, 0.3) is 0 Å². The zero-order valence-electron chi connectivity index (χ0n) is 10.5. The first-order chi connectivity index (χ1) is 7.74. The van der Waals surface area contributed by atoms with Gasteiger partial charge in [-0.05, 0) is 44.0 Å². The molecule has 88 valence electrons. The van der Waals surface area contributed by atoms with Crippen LogP contribution in [0, 0.1) is 5.92 Å². The van der Waals surface area contributed by atoms with Crippen LogP contribution in [0.5, 0.6) is 0 Å². The summed E-state index contributed by atoms with van der Waals surface area (Å²) in [4.78, 5) is 2.47. The molecule has 1 N–H and O–H groups in total. The maximum Gasteiger partial charge on any atom is 0.0369 e. The molecule has 0 aromatic heterocycles. The molecular weight excluding hydrogens is 196 g/mol. The topological polar surface area (TPSA) is 15.3 Å². The number of hydrogen-bond donors (Lipinski definition) is 1. The van der Waals surface area contributed by atoms with E-state index in [0.717, 1.165) is 5.92 Å². The monoisotopic (exact) mass is 218 g/mol. The molecule has 0 bridgehead atoms. The predicted molar refractivity (Wildman–Crippen MR) is 69.9 cm³/mol. The molecule has 0 saturated carbocycles. The van der Waals surface area contributed by atoms with Crippen LogP contribution >= 0.6 is 0 Å². The number of nitrogens with one attached hydrogen (secondary N) is 1. The van der Waals surface area contributed by atoms with Crippen LogP contribution < -0.4 is 10.2 Å². The molecule has 1 aromatic carbocycles. The van der Waals surface area contributed by atoms with E-state index in [2.05, 4.69) is 48.3 Å². The minimum atomic E-state index is 0.434. The average Bonchev–Trinajstić information content (AvgIpc) is 2.27. The highest BCUT2D eigenvalue weighted by Gasteiger charge is 2.25. The van der Waals surface area contributed by atoms with Gasteiger partial charge in [-0.2, -0.15) is 0 Å². The van der Waals surface area contributed by atoms with Crippen molar-refractivity contribution < 1.29 is 0 Å². The lowest BCUT2D eigenvalue weighted by molar-refractivity contribution is 0.398. The molecule has 1 aliphatic rings. The highest BCUT2D eigenvalue weighted by Crippen LogP contribution is 2.28. The maximum atomic E-state index is 3.28. The van der Waals surface area contributed by atoms with E-state index in [0.29, 0.717) is 6.04 Å². The third-order valence-corrected chi connectivity index (χ3v) is 3.70. The second-order valence-corrected chi connectivity index (χ2v) is 4.78. The van der Waals surface area contributed by atoms with Crippen LogP contribution in [0.2, 0.25) is 0 Å². The number of anilines is 1. The van der Waals surface area contributed by atoms with Gasteiger partial charge in [-0.3, -0.25) is 0 Å². The molecule has 0 spiro atoms. The molecule has 16 heavy (non-hydrogen) atoms. The summed E-state index contributed by atoms with van der Waals surface area (Å²) in [5, 5.41) is 3.28. The van der Waals surface area contributed by atoms with E-state index in [9.17, 15) is 0 Å². The second kappa shape index (κ2) is 4.88. The molecule has 2 nitrogen and oxygen atoms in total. The summed E-state index contributed by atoms with van der Waals surface area (Å²) in [6.45, 7) is 6.94. The van der Waals surface area contributed by atoms with Crippen molar-refractivity contribution in [3.63, 3.8) is 0 Å². The molecule has 2 rings (SSSR count). The van der Waals surface area contributed by atoms with Crippen molar-refractivity contribution in [3.05, 3.63) is 29.8 Å². The molecule has 1 unspecified atom stereocenters. The van der Waals surface area contributed by atoms with Crippen LogP contribution in [0.4, 0.5) is 5.69 Å². The third kappa shape index (κ3) is 2.22. The Kier molecular flexibility index (Phi) is 3.49. The molecule has 1 atom stereocenters. The predicted octanol–water partition coefficient (Wildman–Crippen LogP) is 2.81. The molecule has 0 amide bonds. The van der Waals surface area contributed by atoms with E-state index in [1.54, 1.807) is 0 Å². The lowest BCUT2D eigenvalue weighted by atomic mass is 9.96. The Morgan fingerprint density at radius 1 is 1.44 bits per heavy atom. The van der Waals surface area contributed by atoms with Gasteiger partial charge < -0.3 is 10.2 Å². The number of benzene rings is 1. The molecule has 1 aromatic rings. The summed E-state index contributed by atoms with van der Waals surface area (Å²) in [5.74, 6) is 0.908. The molecule has 1 fully saturated rings. The van der Waals surface area contributed by atoms with Crippen molar-refractivity contribution in [1.82, 2.24) is 5.32 Å². The normalized spacial score (nSPS) is 18.3. The van der Waals surface area contributed by atoms with E-state index in [1.807, 2.05) is 7.05 Å². The largest absolute Gasteiger partial charge is 0.371 e. The average molecular weight is 218 g/mol. The third-order valence-electron chi connectivity index (χ3n) is 3.70. The van der Waals surface area contributed by atoms with Crippen LogP contribution in [0.1, 0.15) is 31.9 Å². The van der Waals surface area contributed by atoms with Gasteiger partial charge in [0.15, 0.2) is 0 Å². The summed E-state index contributed by atoms with van der Waals surface area (Å²) < 4.78 is 0. The summed E-state index contributed by atoms with van der Waals surface area (Å²) in [7, 11) is 2.01. The van der Waals surface area contributed by atoms with Crippen LogP contribution in [-0.2, 0) is 0 Å². The Morgan fingerprint density at radius 2 is 2.19 bits per heavy atom. The van der Waals surface area contributed by atoms with Gasteiger partial charge in [0.1, 0.15) is 0 Å². The van der Waals surface area contributed by atoms with Gasteiger partial charge in [-0.1, -0.05) is 19.1 Å². The smallest absolute Gasteiger partial charge is 0.0369 e. The van der Waals surface area contributed by atoms with Crippen LogP contribution in [-0.4, -0.2) is 20.1 Å². The van der Waals surface area contributed by atoms with Gasteiger partial charge in [0, 0.05) is 24.8 Å². The molecule has 0 aliphatic carbocycles. The first-order valence-electron chi connectivity index (χ1n) is 6.26. The summed E-state index contributed by atoms with van der Waals surface area (Å²) in [6.07, 6.45) is 1.31. The second-order valence-electron chi connectivity index (χ2n) is 4.78. The van der Waals surface area contributed by atoms with Crippen molar-refractivity contribution in [1.29, 1.82) is 0 Å². The fraction of sp³-hybridized carbons (Fsp3) is 0.571. The Morgan fingerprint density at radius 3 is 2.81 bits per heavy atom. The summed E-state index contributed by atoms with van der Waals surface area (Å²) in [6, 6.07) is 9.33. The fourth-order valence-corrected chi connectivity index (χ4v) is 2.20. The fourth-order valence-electron chi connectivity index (χ4n) is 2.20. The zero-order valence-corrected chi connectivity index (χ0v) is 10.5. The molecule has 2 heteroatoms. The van der Waals surface area contributed by atoms with Crippen molar-refractivity contribution in [3.8, 4) is 0 Å². The Balaban J connectivity index is 2.06. The highest BCUT2D eigenvalue weighted by atomic mass is 15.2. The number of hydrogen-bond acceptors (Lipinski definition) is 2. The van der Waals surface area contributed by atoms with Crippen molar-refractivity contribution in [2.24, 2.45) is 5.92 Å². The van der Waals surface area contributed by atoms with Crippen molar-refractivity contribution in [2.75, 3.05) is 25.0 Å². The molecule has 1 aliphatic heterocycles. The minimum Gasteiger partial charge on any atom is -0.371 e. The van der Waals surface area contributed by atoms with Crippen molar-refractivity contribution in [2.45, 2.75) is 26.3 Å². The minimum absolute atomic E-state index is 0.434. The van der Waals surface area contributed by atoms with E-state index in [1.165, 1.54) is 30.8 Å². The standard InChI is InChI=1S/C14H22N2/c1-4-12-9-16(10-12)14-7-5-6-13(8-14)11(2)15-3/h5-8,11-12,15H,4,9-10H2,1-3H3. The van der Waals surface area contributed by atoms with Gasteiger partial charge >= 0.3 is 0 Å². The zero-order chi connectivity index (χ0) is 11.5. The van der Waals surface area contributed by atoms with Gasteiger partial charge in [0.05, 0.1) is 0 Å². The quantitative estimate of drug-likeness (QED) is 0.836. The molecule has 0 radical (unpaired) electrons. The van der Waals surface area contributed by atoms with Gasteiger partial charge in [0.25, 0.3) is 0 Å². The summed E-state index contributed by atoms with van der Waals surface area (Å²) in [5.41, 5.74) is 2.75. The van der Waals surface area contributed by atoms with E-state index in [4.69, 9.17) is 0 Å². The first kappa shape index (κ1) is 11.5. The van der Waals surface area contributed by atoms with E-state index < -0.39 is 0 Å². The molecular formula is C14H22N2. The maximum absolute atomic E-state index is 3.28. The lowest BCUT2D eigenvalue weighted by Gasteiger charge is -2.41. The van der Waals surface area contributed by atoms with Crippen LogP contribution in [0.3, 0.4) is 0 Å². The Hall–Kier alpha value is -1.02. The summed E-state index contributed by atoms with van der Waals surface area (Å²) >= 11 is 0. The number of rotatable bonds is 4. The first-order valence-corrected chi connectivity index (χ1v) is 6.26. The Bertz CT molecular complexity index is 342. The Labute approximate surface area is 98.7 Å². The highest BCUT2D eigenvalue weighted by molar-refractivity contribution is 5.51. The van der Waals surface area contributed by atoms with Gasteiger partial charge in [0.2, 0.25) is 0 Å². The van der Waals surface area contributed by atoms with Gasteiger partial charge in [-0.15, -0.1) is 0 Å². The molecule has 1 heterocycles. The van der Waals surface area contributed by atoms with Gasteiger partial charge in [-0.25, -0.2) is 0 Å². The van der Waals surface area contributed by atoms with E-state index in [-0.39, 0.29) is 0 Å². The van der Waals surface area contributed by atoms with E-state index >= 15 is 0 Å². The lowest BCUT2D eigenvalue weighted by Crippen LogP contribution is -2.46. The molecule has 1 saturated heterocycles.